The third-order valence-corrected chi connectivity index (χ3v) is 4.10. The molecule has 0 saturated carbocycles. The van der Waals surface area contributed by atoms with E-state index in [4.69, 9.17) is 14.2 Å². The van der Waals surface area contributed by atoms with Crippen molar-refractivity contribution in [1.29, 1.82) is 0 Å². The van der Waals surface area contributed by atoms with Gasteiger partial charge in [0.2, 0.25) is 0 Å². The molecule has 2 rings (SSSR count). The molecule has 1 aliphatic heterocycles. The first-order valence-corrected chi connectivity index (χ1v) is 8.41. The second kappa shape index (κ2) is 8.00. The number of hydrogen-bond acceptors (Lipinski definition) is 6. The smallest absolute Gasteiger partial charge is 0.414 e. The van der Waals surface area contributed by atoms with Gasteiger partial charge in [-0.1, -0.05) is 18.2 Å². The highest BCUT2D eigenvalue weighted by atomic mass is 16.6. The number of hydrogen-bond donors (Lipinski definition) is 0. The van der Waals surface area contributed by atoms with Crippen molar-refractivity contribution in [2.24, 2.45) is 0 Å². The lowest BCUT2D eigenvalue weighted by atomic mass is 9.74. The normalized spacial score (nSPS) is 15.1. The van der Waals surface area contributed by atoms with Gasteiger partial charge in [0.15, 0.2) is 5.41 Å². The second-order valence-electron chi connectivity index (χ2n) is 5.46. The van der Waals surface area contributed by atoms with Crippen LogP contribution in [0.1, 0.15) is 32.8 Å². The monoisotopic (exact) mass is 349 g/mol. The highest BCUT2D eigenvalue weighted by Crippen LogP contribution is 2.42. The molecule has 0 fully saturated rings. The molecular formula is C18H23NO6. The summed E-state index contributed by atoms with van der Waals surface area (Å²) in [4.78, 5) is 39.1. The van der Waals surface area contributed by atoms with E-state index in [-0.39, 0.29) is 32.8 Å². The van der Waals surface area contributed by atoms with E-state index in [0.717, 1.165) is 0 Å². The number of esters is 2. The maximum absolute atomic E-state index is 12.7. The lowest BCUT2D eigenvalue weighted by Crippen LogP contribution is -2.53. The molecule has 0 saturated heterocycles. The summed E-state index contributed by atoms with van der Waals surface area (Å²) in [6.45, 7) is 5.74. The molecule has 0 N–H and O–H groups in total. The van der Waals surface area contributed by atoms with Crippen LogP contribution in [0, 0.1) is 0 Å². The number of ether oxygens (including phenoxy) is 3. The molecule has 136 valence electrons. The predicted octanol–water partition coefficient (Wildman–Crippen LogP) is 2.42. The Kier molecular flexibility index (Phi) is 6.01. The van der Waals surface area contributed by atoms with Crippen molar-refractivity contribution in [2.45, 2.75) is 32.6 Å². The predicted molar refractivity (Wildman–Crippen MR) is 90.4 cm³/mol. The molecule has 0 spiro atoms. The van der Waals surface area contributed by atoms with Gasteiger partial charge in [0.1, 0.15) is 0 Å². The minimum absolute atomic E-state index is 0.0699. The van der Waals surface area contributed by atoms with E-state index >= 15 is 0 Å². The van der Waals surface area contributed by atoms with Crippen LogP contribution in [0.3, 0.4) is 0 Å². The van der Waals surface area contributed by atoms with Gasteiger partial charge in [-0.15, -0.1) is 0 Å². The standard InChI is InChI=1S/C18H23NO6/c1-4-23-15(20)18(16(21)24-5-2)11-12-19(17(22)25-6-3)14-10-8-7-9-13(14)18/h7-10H,4-6,11-12H2,1-3H3. The van der Waals surface area contributed by atoms with Crippen molar-refractivity contribution in [1.82, 2.24) is 0 Å². The average Bonchev–Trinajstić information content (AvgIpc) is 2.61. The van der Waals surface area contributed by atoms with Gasteiger partial charge in [-0.05, 0) is 33.3 Å². The third kappa shape index (κ3) is 3.31. The van der Waals surface area contributed by atoms with E-state index in [2.05, 4.69) is 0 Å². The van der Waals surface area contributed by atoms with Crippen molar-refractivity contribution in [3.63, 3.8) is 0 Å². The largest absolute Gasteiger partial charge is 0.465 e. The molecule has 1 aromatic carbocycles. The highest BCUT2D eigenvalue weighted by molar-refractivity contribution is 6.09. The Morgan fingerprint density at radius 3 is 2.08 bits per heavy atom. The van der Waals surface area contributed by atoms with Gasteiger partial charge in [-0.25, -0.2) is 4.79 Å². The summed E-state index contributed by atoms with van der Waals surface area (Å²) in [5.74, 6) is -1.33. The van der Waals surface area contributed by atoms with Gasteiger partial charge < -0.3 is 14.2 Å². The van der Waals surface area contributed by atoms with Crippen LogP contribution in [0.2, 0.25) is 0 Å². The van der Waals surface area contributed by atoms with E-state index in [0.29, 0.717) is 11.3 Å². The minimum Gasteiger partial charge on any atom is -0.465 e. The molecule has 1 heterocycles. The first-order valence-electron chi connectivity index (χ1n) is 8.41. The molecule has 0 unspecified atom stereocenters. The molecular weight excluding hydrogens is 326 g/mol. The molecule has 25 heavy (non-hydrogen) atoms. The second-order valence-corrected chi connectivity index (χ2v) is 5.46. The van der Waals surface area contributed by atoms with Crippen LogP contribution in [0.5, 0.6) is 0 Å². The zero-order valence-electron chi connectivity index (χ0n) is 14.7. The Morgan fingerprint density at radius 2 is 1.52 bits per heavy atom. The third-order valence-electron chi connectivity index (χ3n) is 4.10. The summed E-state index contributed by atoms with van der Waals surface area (Å²) in [6.07, 6.45) is -0.447. The number of anilines is 1. The van der Waals surface area contributed by atoms with Crippen LogP contribution in [0.4, 0.5) is 10.5 Å². The fourth-order valence-electron chi connectivity index (χ4n) is 3.01. The van der Waals surface area contributed by atoms with Crippen LogP contribution in [-0.4, -0.2) is 44.4 Å². The van der Waals surface area contributed by atoms with E-state index in [1.807, 2.05) is 0 Å². The first kappa shape index (κ1) is 18.8. The van der Waals surface area contributed by atoms with Gasteiger partial charge in [0.05, 0.1) is 25.5 Å². The van der Waals surface area contributed by atoms with Crippen LogP contribution < -0.4 is 4.90 Å². The molecule has 1 aliphatic rings. The molecule has 0 aliphatic carbocycles. The van der Waals surface area contributed by atoms with E-state index < -0.39 is 23.4 Å². The van der Waals surface area contributed by atoms with Crippen molar-refractivity contribution < 1.29 is 28.6 Å². The van der Waals surface area contributed by atoms with E-state index in [1.54, 1.807) is 45.0 Å². The molecule has 0 radical (unpaired) electrons. The van der Waals surface area contributed by atoms with Gasteiger partial charge in [-0.2, -0.15) is 0 Å². The first-order chi connectivity index (χ1) is 12.0. The van der Waals surface area contributed by atoms with Crippen LogP contribution in [0.25, 0.3) is 0 Å². The number of nitrogens with zero attached hydrogens (tertiary/aromatic N) is 1. The van der Waals surface area contributed by atoms with Crippen molar-refractivity contribution in [2.75, 3.05) is 31.3 Å². The number of benzene rings is 1. The number of carbonyl (C=O) groups excluding carboxylic acids is 3. The van der Waals surface area contributed by atoms with E-state index in [1.165, 1.54) is 4.90 Å². The number of carbonyl (C=O) groups is 3. The van der Waals surface area contributed by atoms with Crippen LogP contribution in [0.15, 0.2) is 24.3 Å². The van der Waals surface area contributed by atoms with Crippen molar-refractivity contribution in [3.05, 3.63) is 29.8 Å². The van der Waals surface area contributed by atoms with E-state index in [9.17, 15) is 14.4 Å². The SMILES string of the molecule is CCOC(=O)N1CCC(C(=O)OCC)(C(=O)OCC)c2ccccc21. The van der Waals surface area contributed by atoms with Crippen LogP contribution in [-0.2, 0) is 29.2 Å². The molecule has 0 atom stereocenters. The van der Waals surface area contributed by atoms with Gasteiger partial charge in [0.25, 0.3) is 0 Å². The Balaban J connectivity index is 2.57. The summed E-state index contributed by atoms with van der Waals surface area (Å²) in [5, 5.41) is 0. The highest BCUT2D eigenvalue weighted by Gasteiger charge is 2.54. The minimum atomic E-state index is -1.58. The fourth-order valence-corrected chi connectivity index (χ4v) is 3.01. The quantitative estimate of drug-likeness (QED) is 0.461. The molecule has 0 aromatic heterocycles. The summed E-state index contributed by atoms with van der Waals surface area (Å²) in [6, 6.07) is 6.77. The van der Waals surface area contributed by atoms with Gasteiger partial charge >= 0.3 is 18.0 Å². The zero-order valence-corrected chi connectivity index (χ0v) is 14.7. The summed E-state index contributed by atoms with van der Waals surface area (Å²) in [7, 11) is 0. The molecule has 0 bridgehead atoms. The summed E-state index contributed by atoms with van der Waals surface area (Å²) < 4.78 is 15.4. The van der Waals surface area contributed by atoms with Crippen LogP contribution >= 0.6 is 0 Å². The fraction of sp³-hybridized carbons (Fsp3) is 0.500. The van der Waals surface area contributed by atoms with Crippen molar-refractivity contribution >= 4 is 23.7 Å². The zero-order chi connectivity index (χ0) is 18.4. The number of rotatable bonds is 5. The average molecular weight is 349 g/mol. The Bertz CT molecular complexity index is 639. The molecule has 1 aromatic rings. The lowest BCUT2D eigenvalue weighted by Gasteiger charge is -2.39. The van der Waals surface area contributed by atoms with Gasteiger partial charge in [-0.3, -0.25) is 14.5 Å². The summed E-state index contributed by atoms with van der Waals surface area (Å²) in [5.41, 5.74) is -0.731. The van der Waals surface area contributed by atoms with Gasteiger partial charge in [0, 0.05) is 12.1 Å². The maximum atomic E-state index is 12.7. The Labute approximate surface area is 146 Å². The maximum Gasteiger partial charge on any atom is 0.414 e. The number of para-hydroxylation sites is 1. The Hall–Kier alpha value is -2.57. The lowest BCUT2D eigenvalue weighted by molar-refractivity contribution is -0.165. The molecule has 7 nitrogen and oxygen atoms in total. The number of fused-ring (bicyclic) bond motifs is 1. The molecule has 1 amide bonds. The topological polar surface area (TPSA) is 82.1 Å². The molecule has 7 heteroatoms. The number of amides is 1. The summed E-state index contributed by atoms with van der Waals surface area (Å²) >= 11 is 0. The van der Waals surface area contributed by atoms with Crippen molar-refractivity contribution in [3.8, 4) is 0 Å². The Morgan fingerprint density at radius 1 is 0.960 bits per heavy atom.